The molecular weight excluding hydrogens is 503 g/mol. The second-order valence-corrected chi connectivity index (χ2v) is 8.33. The van der Waals surface area contributed by atoms with E-state index in [0.717, 1.165) is 34.4 Å². The summed E-state index contributed by atoms with van der Waals surface area (Å²) in [6, 6.07) is 16.2. The molecule has 1 atom stereocenters. The van der Waals surface area contributed by atoms with Crippen molar-refractivity contribution in [2.24, 2.45) is 0 Å². The summed E-state index contributed by atoms with van der Waals surface area (Å²) < 4.78 is 44.7. The molecule has 0 aliphatic heterocycles. The highest BCUT2D eigenvalue weighted by molar-refractivity contribution is 9.10. The smallest absolute Gasteiger partial charge is 0.416 e. The molecule has 33 heavy (non-hydrogen) atoms. The summed E-state index contributed by atoms with van der Waals surface area (Å²) in [5.74, 6) is -1.77. The molecule has 4 rings (SSSR count). The van der Waals surface area contributed by atoms with E-state index in [4.69, 9.17) is 4.74 Å². The zero-order valence-corrected chi connectivity index (χ0v) is 18.5. The van der Waals surface area contributed by atoms with Crippen molar-refractivity contribution in [3.8, 4) is 11.1 Å². The molecule has 1 aliphatic rings. The van der Waals surface area contributed by atoms with Crippen LogP contribution in [0.2, 0.25) is 0 Å². The Balaban J connectivity index is 1.52. The van der Waals surface area contributed by atoms with Crippen LogP contribution in [0.1, 0.15) is 34.2 Å². The fraction of sp³-hybridized carbons (Fsp3) is 0.167. The van der Waals surface area contributed by atoms with Gasteiger partial charge in [-0.15, -0.1) is 0 Å². The van der Waals surface area contributed by atoms with Crippen LogP contribution in [0, 0.1) is 0 Å². The van der Waals surface area contributed by atoms with E-state index in [1.54, 1.807) is 0 Å². The van der Waals surface area contributed by atoms with E-state index in [2.05, 4.69) is 21.2 Å². The molecule has 0 saturated carbocycles. The molecule has 0 spiro atoms. The Labute approximate surface area is 195 Å². The molecule has 170 valence electrons. The number of carboxylic acid groups (broad SMARTS) is 1. The van der Waals surface area contributed by atoms with Crippen molar-refractivity contribution in [2.45, 2.75) is 18.1 Å². The molecule has 9 heteroatoms. The minimum atomic E-state index is -4.66. The van der Waals surface area contributed by atoms with Crippen LogP contribution in [-0.4, -0.2) is 23.8 Å². The van der Waals surface area contributed by atoms with Crippen molar-refractivity contribution < 1.29 is 32.6 Å². The van der Waals surface area contributed by atoms with Crippen molar-refractivity contribution in [1.29, 1.82) is 0 Å². The maximum absolute atomic E-state index is 13.1. The summed E-state index contributed by atoms with van der Waals surface area (Å²) in [4.78, 5) is 24.2. The minimum Gasteiger partial charge on any atom is -0.479 e. The number of hydrogen-bond acceptors (Lipinski definition) is 3. The highest BCUT2D eigenvalue weighted by atomic mass is 79.9. The predicted octanol–water partition coefficient (Wildman–Crippen LogP) is 6.13. The molecule has 0 aromatic heterocycles. The van der Waals surface area contributed by atoms with E-state index in [0.29, 0.717) is 6.07 Å². The van der Waals surface area contributed by atoms with Crippen LogP contribution in [0.3, 0.4) is 0 Å². The number of halogens is 4. The van der Waals surface area contributed by atoms with E-state index in [-0.39, 0.29) is 22.6 Å². The molecular formula is C24H17BrF3NO4. The Hall–Kier alpha value is -3.33. The van der Waals surface area contributed by atoms with Crippen LogP contribution in [-0.2, 0) is 15.7 Å². The van der Waals surface area contributed by atoms with Gasteiger partial charge in [-0.25, -0.2) is 9.59 Å². The van der Waals surface area contributed by atoms with E-state index in [1.807, 2.05) is 48.5 Å². The van der Waals surface area contributed by atoms with Gasteiger partial charge in [0.05, 0.1) is 5.56 Å². The lowest BCUT2D eigenvalue weighted by Crippen LogP contribution is -2.35. The number of aliphatic carboxylic acids is 1. The number of hydrogen-bond donors (Lipinski definition) is 2. The predicted molar refractivity (Wildman–Crippen MR) is 118 cm³/mol. The number of carbonyl (C=O) groups excluding carboxylic acids is 1. The Morgan fingerprint density at radius 1 is 1.00 bits per heavy atom. The van der Waals surface area contributed by atoms with Gasteiger partial charge in [-0.3, -0.25) is 0 Å². The average Bonchev–Trinajstić information content (AvgIpc) is 3.09. The van der Waals surface area contributed by atoms with E-state index in [9.17, 15) is 27.9 Å². The van der Waals surface area contributed by atoms with Gasteiger partial charge in [-0.2, -0.15) is 13.2 Å². The van der Waals surface area contributed by atoms with Gasteiger partial charge >= 0.3 is 18.2 Å². The average molecular weight is 520 g/mol. The number of ether oxygens (including phenoxy) is 1. The van der Waals surface area contributed by atoms with Gasteiger partial charge in [0.1, 0.15) is 6.61 Å². The van der Waals surface area contributed by atoms with Gasteiger partial charge in [-0.1, -0.05) is 64.5 Å². The van der Waals surface area contributed by atoms with Crippen LogP contribution in [0.4, 0.5) is 18.0 Å². The number of rotatable bonds is 5. The maximum atomic E-state index is 13.1. The van der Waals surface area contributed by atoms with Gasteiger partial charge in [-0.05, 0) is 40.5 Å². The van der Waals surface area contributed by atoms with Crippen LogP contribution < -0.4 is 5.32 Å². The summed E-state index contributed by atoms with van der Waals surface area (Å²) in [5, 5.41) is 11.7. The third kappa shape index (κ3) is 4.59. The highest BCUT2D eigenvalue weighted by Crippen LogP contribution is 2.44. The van der Waals surface area contributed by atoms with Gasteiger partial charge in [0.25, 0.3) is 0 Å². The molecule has 0 fully saturated rings. The number of fused-ring (bicyclic) bond motifs is 3. The lowest BCUT2D eigenvalue weighted by Gasteiger charge is -2.19. The van der Waals surface area contributed by atoms with E-state index in [1.165, 1.54) is 0 Å². The molecule has 0 saturated heterocycles. The molecule has 1 unspecified atom stereocenters. The molecule has 1 aliphatic carbocycles. The largest absolute Gasteiger partial charge is 0.479 e. The first kappa shape index (κ1) is 22.8. The Bertz CT molecular complexity index is 1180. The first-order chi connectivity index (χ1) is 15.7. The van der Waals surface area contributed by atoms with Crippen LogP contribution >= 0.6 is 15.9 Å². The molecule has 3 aromatic rings. The SMILES string of the molecule is O=C(NC(C(=O)O)c1cc(C(F)(F)F)ccc1Br)OCC1c2ccccc2-c2ccccc21. The number of amides is 1. The molecule has 5 nitrogen and oxygen atoms in total. The third-order valence-corrected chi connectivity index (χ3v) is 6.21. The second-order valence-electron chi connectivity index (χ2n) is 7.48. The molecule has 0 bridgehead atoms. The van der Waals surface area contributed by atoms with Crippen LogP contribution in [0.15, 0.2) is 71.2 Å². The van der Waals surface area contributed by atoms with Crippen molar-refractivity contribution in [1.82, 2.24) is 5.32 Å². The van der Waals surface area contributed by atoms with Gasteiger partial charge in [0, 0.05) is 16.0 Å². The Kier molecular flexibility index (Phi) is 6.16. The normalized spacial score (nSPS) is 13.7. The summed E-state index contributed by atoms with van der Waals surface area (Å²) in [6.45, 7) is -0.0596. The molecule has 0 heterocycles. The summed E-state index contributed by atoms with van der Waals surface area (Å²) in [7, 11) is 0. The number of nitrogens with one attached hydrogen (secondary N) is 1. The third-order valence-electron chi connectivity index (χ3n) is 5.49. The van der Waals surface area contributed by atoms with Crippen molar-refractivity contribution in [3.63, 3.8) is 0 Å². The summed E-state index contributed by atoms with van der Waals surface area (Å²) in [6.07, 6.45) is -5.71. The number of alkyl halides is 3. The number of alkyl carbamates (subject to hydrolysis) is 1. The quantitative estimate of drug-likeness (QED) is 0.425. The summed E-state index contributed by atoms with van der Waals surface area (Å²) >= 11 is 3.06. The minimum absolute atomic E-state index is 0.0596. The number of benzene rings is 3. The van der Waals surface area contributed by atoms with Crippen molar-refractivity contribution in [3.05, 3.63) is 93.5 Å². The lowest BCUT2D eigenvalue weighted by molar-refractivity contribution is -0.140. The second kappa shape index (κ2) is 8.90. The van der Waals surface area contributed by atoms with E-state index >= 15 is 0 Å². The lowest BCUT2D eigenvalue weighted by atomic mass is 9.98. The van der Waals surface area contributed by atoms with Gasteiger partial charge in [0.15, 0.2) is 6.04 Å². The summed E-state index contributed by atoms with van der Waals surface area (Å²) in [5.41, 5.74) is 2.73. The van der Waals surface area contributed by atoms with Crippen molar-refractivity contribution >= 4 is 28.0 Å². The fourth-order valence-corrected chi connectivity index (χ4v) is 4.45. The standard InChI is InChI=1S/C24H17BrF3NO4/c25-20-10-9-13(24(26,27)28)11-18(20)21(22(30)31)29-23(32)33-12-19-16-7-3-1-5-14(16)15-6-2-4-8-17(15)19/h1-11,19,21H,12H2,(H,29,32)(H,30,31). The zero-order chi connectivity index (χ0) is 23.8. The van der Waals surface area contributed by atoms with Crippen LogP contribution in [0.25, 0.3) is 11.1 Å². The molecule has 1 amide bonds. The highest BCUT2D eigenvalue weighted by Gasteiger charge is 2.34. The topological polar surface area (TPSA) is 75.6 Å². The van der Waals surface area contributed by atoms with Gasteiger partial charge < -0.3 is 15.2 Å². The molecule has 0 radical (unpaired) electrons. The Morgan fingerprint density at radius 2 is 1.58 bits per heavy atom. The van der Waals surface area contributed by atoms with E-state index < -0.39 is 29.8 Å². The first-order valence-electron chi connectivity index (χ1n) is 9.87. The van der Waals surface area contributed by atoms with Crippen LogP contribution in [0.5, 0.6) is 0 Å². The number of carboxylic acids is 1. The zero-order valence-electron chi connectivity index (χ0n) is 16.9. The molecule has 2 N–H and O–H groups in total. The fourth-order valence-electron chi connectivity index (χ4n) is 3.97. The number of carbonyl (C=O) groups is 2. The first-order valence-corrected chi connectivity index (χ1v) is 10.7. The monoisotopic (exact) mass is 519 g/mol. The Morgan fingerprint density at radius 3 is 2.12 bits per heavy atom. The maximum Gasteiger partial charge on any atom is 0.416 e. The van der Waals surface area contributed by atoms with Crippen molar-refractivity contribution in [2.75, 3.05) is 6.61 Å². The molecule has 3 aromatic carbocycles. The van der Waals surface area contributed by atoms with Gasteiger partial charge in [0.2, 0.25) is 0 Å².